The Morgan fingerprint density at radius 1 is 0.919 bits per heavy atom. The van der Waals surface area contributed by atoms with Crippen LogP contribution in [-0.2, 0) is 22.6 Å². The zero-order valence-electron chi connectivity index (χ0n) is 20.7. The normalized spacial score (nSPS) is 14.9. The zero-order valence-corrected chi connectivity index (χ0v) is 20.7. The summed E-state index contributed by atoms with van der Waals surface area (Å²) in [5, 5.41) is 3.19. The fourth-order valence-electron chi connectivity index (χ4n) is 4.40. The highest BCUT2D eigenvalue weighted by Crippen LogP contribution is 2.27. The Kier molecular flexibility index (Phi) is 6.60. The van der Waals surface area contributed by atoms with Gasteiger partial charge in [0.15, 0.2) is 0 Å². The van der Waals surface area contributed by atoms with Crippen molar-refractivity contribution in [2.45, 2.75) is 26.8 Å². The number of rotatable bonds is 7. The number of ether oxygens (including phenoxy) is 1. The minimum atomic E-state index is -0.757. The average molecular weight is 494 g/mol. The Balaban J connectivity index is 1.43. The number of carbonyl (C=O) groups is 3. The summed E-state index contributed by atoms with van der Waals surface area (Å²) >= 11 is 0. The number of aromatic nitrogens is 1. The minimum absolute atomic E-state index is 0.0991. The van der Waals surface area contributed by atoms with E-state index in [1.165, 1.54) is 5.56 Å². The number of benzene rings is 3. The van der Waals surface area contributed by atoms with Gasteiger partial charge in [-0.2, -0.15) is 0 Å². The van der Waals surface area contributed by atoms with Crippen LogP contribution in [0.5, 0.6) is 5.75 Å². The summed E-state index contributed by atoms with van der Waals surface area (Å²) < 4.78 is 7.94. The third kappa shape index (κ3) is 4.89. The third-order valence-electron chi connectivity index (χ3n) is 6.45. The Hall–Kier alpha value is -4.65. The predicted octanol–water partition coefficient (Wildman–Crippen LogP) is 5.26. The summed E-state index contributed by atoms with van der Waals surface area (Å²) in [4.78, 5) is 39.6. The van der Waals surface area contributed by atoms with Crippen LogP contribution in [-0.4, -0.2) is 29.0 Å². The second-order valence-corrected chi connectivity index (χ2v) is 8.93. The monoisotopic (exact) mass is 493 g/mol. The second kappa shape index (κ2) is 10.1. The van der Waals surface area contributed by atoms with Crippen molar-refractivity contribution in [3.63, 3.8) is 0 Å². The van der Waals surface area contributed by atoms with E-state index in [0.717, 1.165) is 33.5 Å². The topological polar surface area (TPSA) is 80.6 Å². The van der Waals surface area contributed by atoms with Gasteiger partial charge < -0.3 is 9.30 Å². The Morgan fingerprint density at radius 3 is 2.38 bits per heavy atom. The van der Waals surface area contributed by atoms with Crippen LogP contribution in [0.25, 0.3) is 17.0 Å². The molecule has 186 valence electrons. The molecule has 1 N–H and O–H groups in total. The van der Waals surface area contributed by atoms with Gasteiger partial charge in [-0.1, -0.05) is 55.0 Å². The molecule has 4 aromatic rings. The molecule has 1 saturated heterocycles. The maximum atomic E-state index is 13.4. The van der Waals surface area contributed by atoms with E-state index in [4.69, 9.17) is 4.74 Å². The van der Waals surface area contributed by atoms with Crippen molar-refractivity contribution in [2.24, 2.45) is 0 Å². The van der Waals surface area contributed by atoms with Crippen molar-refractivity contribution in [1.82, 2.24) is 9.88 Å². The van der Waals surface area contributed by atoms with Crippen LogP contribution in [0, 0.1) is 6.92 Å². The summed E-state index contributed by atoms with van der Waals surface area (Å²) in [5.74, 6) is -0.570. The van der Waals surface area contributed by atoms with E-state index in [9.17, 15) is 14.4 Å². The van der Waals surface area contributed by atoms with E-state index in [1.54, 1.807) is 18.2 Å². The molecule has 0 spiro atoms. The lowest BCUT2D eigenvalue weighted by Crippen LogP contribution is -2.54. The predicted molar refractivity (Wildman–Crippen MR) is 143 cm³/mol. The maximum Gasteiger partial charge on any atom is 0.335 e. The van der Waals surface area contributed by atoms with E-state index < -0.39 is 17.8 Å². The van der Waals surface area contributed by atoms with Crippen LogP contribution in [0.1, 0.15) is 23.6 Å². The molecule has 5 rings (SSSR count). The lowest BCUT2D eigenvalue weighted by atomic mass is 10.1. The van der Waals surface area contributed by atoms with Gasteiger partial charge in [0.25, 0.3) is 11.8 Å². The lowest BCUT2D eigenvalue weighted by molar-refractivity contribution is -0.122. The van der Waals surface area contributed by atoms with Gasteiger partial charge in [0.1, 0.15) is 17.9 Å². The highest BCUT2D eigenvalue weighted by atomic mass is 16.5. The fourth-order valence-corrected chi connectivity index (χ4v) is 4.40. The molecule has 1 aromatic heterocycles. The van der Waals surface area contributed by atoms with Gasteiger partial charge in [-0.05, 0) is 55.3 Å². The summed E-state index contributed by atoms with van der Waals surface area (Å²) in [5.41, 5.74) is 4.22. The highest BCUT2D eigenvalue weighted by molar-refractivity contribution is 6.39. The van der Waals surface area contributed by atoms with Gasteiger partial charge in [-0.25, -0.2) is 9.69 Å². The number of para-hydroxylation sites is 1. The number of nitrogens with zero attached hydrogens (tertiary/aromatic N) is 2. The Morgan fingerprint density at radius 2 is 1.65 bits per heavy atom. The highest BCUT2D eigenvalue weighted by Gasteiger charge is 2.37. The van der Waals surface area contributed by atoms with Crippen LogP contribution >= 0.6 is 0 Å². The number of aryl methyl sites for hydroxylation is 2. The number of nitrogens with one attached hydrogen (secondary N) is 1. The SMILES string of the molecule is CCc1ccc(N2C(=O)NC(=O)/C(=C/c3cn(CCOc4ccc(C)cc4)c4ccccc34)C2=O)cc1. The van der Waals surface area contributed by atoms with Gasteiger partial charge in [0.05, 0.1) is 12.2 Å². The van der Waals surface area contributed by atoms with Gasteiger partial charge >= 0.3 is 6.03 Å². The van der Waals surface area contributed by atoms with E-state index in [1.807, 2.05) is 85.3 Å². The Bertz CT molecular complexity index is 1510. The molecular formula is C30H27N3O4. The number of urea groups is 1. The van der Waals surface area contributed by atoms with Crippen LogP contribution in [0.3, 0.4) is 0 Å². The lowest BCUT2D eigenvalue weighted by Gasteiger charge is -2.26. The first kappa shape index (κ1) is 24.1. The van der Waals surface area contributed by atoms with Crippen LogP contribution in [0.15, 0.2) is 84.6 Å². The first-order chi connectivity index (χ1) is 17.9. The largest absolute Gasteiger partial charge is 0.492 e. The molecule has 7 nitrogen and oxygen atoms in total. The molecule has 0 saturated carbocycles. The van der Waals surface area contributed by atoms with Crippen LogP contribution in [0.4, 0.5) is 10.5 Å². The van der Waals surface area contributed by atoms with Crippen molar-refractivity contribution in [1.29, 1.82) is 0 Å². The second-order valence-electron chi connectivity index (χ2n) is 8.93. The molecule has 0 bridgehead atoms. The van der Waals surface area contributed by atoms with E-state index in [0.29, 0.717) is 24.4 Å². The molecule has 7 heteroatoms. The van der Waals surface area contributed by atoms with E-state index in [-0.39, 0.29) is 5.57 Å². The van der Waals surface area contributed by atoms with Gasteiger partial charge in [-0.3, -0.25) is 14.9 Å². The minimum Gasteiger partial charge on any atom is -0.492 e. The van der Waals surface area contributed by atoms with Gasteiger partial charge in [0, 0.05) is 22.7 Å². The summed E-state index contributed by atoms with van der Waals surface area (Å²) in [7, 11) is 0. The first-order valence-electron chi connectivity index (χ1n) is 12.2. The molecule has 4 amide bonds. The third-order valence-corrected chi connectivity index (χ3v) is 6.45. The molecule has 1 fully saturated rings. The molecule has 0 unspecified atom stereocenters. The van der Waals surface area contributed by atoms with Crippen LogP contribution in [0.2, 0.25) is 0 Å². The van der Waals surface area contributed by atoms with E-state index in [2.05, 4.69) is 5.32 Å². The summed E-state index contributed by atoms with van der Waals surface area (Å²) in [6.07, 6.45) is 4.29. The number of fused-ring (bicyclic) bond motifs is 1. The molecule has 1 aliphatic rings. The zero-order chi connectivity index (χ0) is 25.9. The van der Waals surface area contributed by atoms with Crippen molar-refractivity contribution in [2.75, 3.05) is 11.5 Å². The number of carbonyl (C=O) groups excluding carboxylic acids is 3. The number of hydrogen-bond acceptors (Lipinski definition) is 4. The summed E-state index contributed by atoms with van der Waals surface area (Å²) in [6.45, 7) is 5.08. The maximum absolute atomic E-state index is 13.4. The summed E-state index contributed by atoms with van der Waals surface area (Å²) in [6, 6.07) is 22.1. The molecule has 0 atom stereocenters. The number of anilines is 1. The number of hydrogen-bond donors (Lipinski definition) is 1. The number of barbiturate groups is 1. The van der Waals surface area contributed by atoms with Crippen LogP contribution < -0.4 is 15.0 Å². The quantitative estimate of drug-likeness (QED) is 0.281. The fraction of sp³-hybridized carbons (Fsp3) is 0.167. The smallest absolute Gasteiger partial charge is 0.335 e. The molecular weight excluding hydrogens is 466 g/mol. The Labute approximate surface area is 215 Å². The molecule has 1 aliphatic heterocycles. The average Bonchev–Trinajstić information content (AvgIpc) is 3.25. The molecule has 2 heterocycles. The van der Waals surface area contributed by atoms with Crippen molar-refractivity contribution in [3.8, 4) is 5.75 Å². The molecule has 3 aromatic carbocycles. The van der Waals surface area contributed by atoms with Crippen molar-refractivity contribution < 1.29 is 19.1 Å². The van der Waals surface area contributed by atoms with Gasteiger partial charge in [-0.15, -0.1) is 0 Å². The standard InChI is InChI=1S/C30H27N3O4/c1-3-21-10-12-23(13-11-21)33-29(35)26(28(34)31-30(33)36)18-22-19-32(27-7-5-4-6-25(22)27)16-17-37-24-14-8-20(2)9-15-24/h4-15,18-19H,3,16-17H2,1-2H3,(H,31,34,36)/b26-18-. The first-order valence-corrected chi connectivity index (χ1v) is 12.2. The molecule has 0 radical (unpaired) electrons. The van der Waals surface area contributed by atoms with Gasteiger partial charge in [0.2, 0.25) is 0 Å². The number of amides is 4. The number of imide groups is 2. The molecule has 37 heavy (non-hydrogen) atoms. The van der Waals surface area contributed by atoms with E-state index >= 15 is 0 Å². The van der Waals surface area contributed by atoms with Crippen molar-refractivity contribution in [3.05, 3.63) is 101 Å². The molecule has 0 aliphatic carbocycles. The van der Waals surface area contributed by atoms with Crippen molar-refractivity contribution >= 4 is 40.5 Å².